The number of rotatable bonds is 12. The van der Waals surface area contributed by atoms with Gasteiger partial charge in [-0.25, -0.2) is 18.1 Å². The second kappa shape index (κ2) is 12.9. The number of ether oxygens (including phenoxy) is 2. The summed E-state index contributed by atoms with van der Waals surface area (Å²) in [6, 6.07) is 13.8. The Morgan fingerprint density at radius 3 is 2.38 bits per heavy atom. The van der Waals surface area contributed by atoms with Crippen LogP contribution in [0, 0.1) is 18.3 Å². The number of nitriles is 1. The molecule has 0 aliphatic rings. The molecule has 0 unspecified atom stereocenters. The van der Waals surface area contributed by atoms with Crippen LogP contribution in [0.5, 0.6) is 5.75 Å². The highest BCUT2D eigenvalue weighted by Crippen LogP contribution is 2.34. The molecule has 1 heterocycles. The summed E-state index contributed by atoms with van der Waals surface area (Å²) in [4.78, 5) is 19.4. The van der Waals surface area contributed by atoms with Crippen LogP contribution in [0.4, 0.5) is 24.0 Å². The Balaban J connectivity index is 1.86. The van der Waals surface area contributed by atoms with Gasteiger partial charge < -0.3 is 14.4 Å². The fourth-order valence-corrected chi connectivity index (χ4v) is 5.44. The van der Waals surface area contributed by atoms with Crippen molar-refractivity contribution in [3.63, 3.8) is 0 Å². The Hall–Kier alpha value is -3.67. The molecule has 9 nitrogen and oxygen atoms in total. The molecular weight excluding hydrogens is 557 g/mol. The molecular formula is C25H25F3N4O5S2. The number of aryl methyl sites for hydroxylation is 1. The van der Waals surface area contributed by atoms with Gasteiger partial charge in [-0.15, -0.1) is 24.5 Å². The van der Waals surface area contributed by atoms with Crippen LogP contribution in [0.25, 0.3) is 0 Å². The molecule has 0 spiro atoms. The third-order valence-corrected chi connectivity index (χ3v) is 7.61. The summed E-state index contributed by atoms with van der Waals surface area (Å²) < 4.78 is 73.1. The quantitative estimate of drug-likeness (QED) is 0.295. The molecule has 14 heteroatoms. The van der Waals surface area contributed by atoms with Gasteiger partial charge in [-0.2, -0.15) is 5.26 Å². The van der Waals surface area contributed by atoms with Gasteiger partial charge in [-0.3, -0.25) is 4.79 Å². The summed E-state index contributed by atoms with van der Waals surface area (Å²) >= 11 is 1.14. The molecule has 39 heavy (non-hydrogen) atoms. The predicted molar refractivity (Wildman–Crippen MR) is 139 cm³/mol. The standard InChI is InChI=1S/C25H25F3N4O5S2/c1-17-22(23(33)31-39(34,35)14-4-3-13-36-2)30-24(38-17)32(20-9-5-18(15-29)6-10-20)16-19-7-11-21(12-8-19)37-25(26,27)28/h5-12H,3-4,13-14,16H2,1-2H3,(H,31,33). The Kier molecular flexibility index (Phi) is 9.90. The second-order valence-electron chi connectivity index (χ2n) is 8.29. The van der Waals surface area contributed by atoms with E-state index in [1.54, 1.807) is 36.1 Å². The molecule has 1 N–H and O–H groups in total. The number of thiazole rings is 1. The highest BCUT2D eigenvalue weighted by Gasteiger charge is 2.31. The summed E-state index contributed by atoms with van der Waals surface area (Å²) in [5.74, 6) is -1.48. The van der Waals surface area contributed by atoms with Crippen molar-refractivity contribution >= 4 is 38.1 Å². The highest BCUT2D eigenvalue weighted by atomic mass is 32.2. The Morgan fingerprint density at radius 2 is 1.79 bits per heavy atom. The zero-order valence-corrected chi connectivity index (χ0v) is 22.6. The Bertz CT molecular complexity index is 1420. The number of carbonyl (C=O) groups is 1. The number of alkyl halides is 3. The van der Waals surface area contributed by atoms with E-state index in [1.165, 1.54) is 31.4 Å². The minimum Gasteiger partial charge on any atom is -0.406 e. The van der Waals surface area contributed by atoms with Gasteiger partial charge in [0, 0.05) is 24.3 Å². The van der Waals surface area contributed by atoms with Gasteiger partial charge in [0.25, 0.3) is 5.91 Å². The molecule has 3 aromatic rings. The van der Waals surface area contributed by atoms with E-state index >= 15 is 0 Å². The average Bonchev–Trinajstić information content (AvgIpc) is 3.26. The van der Waals surface area contributed by atoms with Crippen molar-refractivity contribution in [2.24, 2.45) is 0 Å². The van der Waals surface area contributed by atoms with Crippen LogP contribution in [-0.2, 0) is 21.3 Å². The van der Waals surface area contributed by atoms with Crippen molar-refractivity contribution in [1.29, 1.82) is 5.26 Å². The molecule has 0 aliphatic heterocycles. The van der Waals surface area contributed by atoms with Gasteiger partial charge in [-0.05, 0) is 61.7 Å². The molecule has 3 rings (SSSR count). The van der Waals surface area contributed by atoms with E-state index in [0.717, 1.165) is 11.3 Å². The lowest BCUT2D eigenvalue weighted by atomic mass is 10.1. The smallest absolute Gasteiger partial charge is 0.406 e. The number of aromatic nitrogens is 1. The zero-order chi connectivity index (χ0) is 28.6. The number of halogens is 3. The van der Waals surface area contributed by atoms with Crippen molar-refractivity contribution in [1.82, 2.24) is 9.71 Å². The first-order valence-electron chi connectivity index (χ1n) is 11.5. The number of nitrogens with one attached hydrogen (secondary N) is 1. The third kappa shape index (κ3) is 8.95. The number of carbonyl (C=O) groups excluding carboxylic acids is 1. The average molecular weight is 583 g/mol. The van der Waals surface area contributed by atoms with E-state index in [0.29, 0.717) is 46.3 Å². The third-order valence-electron chi connectivity index (χ3n) is 5.30. The van der Waals surface area contributed by atoms with Gasteiger partial charge >= 0.3 is 6.36 Å². The molecule has 0 aliphatic carbocycles. The monoisotopic (exact) mass is 582 g/mol. The number of amides is 1. The van der Waals surface area contributed by atoms with Gasteiger partial charge in [0.1, 0.15) is 11.4 Å². The first-order chi connectivity index (χ1) is 18.4. The maximum Gasteiger partial charge on any atom is 0.573 e. The van der Waals surface area contributed by atoms with Crippen molar-refractivity contribution in [2.45, 2.75) is 32.7 Å². The Labute approximate surface area is 227 Å². The lowest BCUT2D eigenvalue weighted by Crippen LogP contribution is -2.33. The number of nitrogens with zero attached hydrogens (tertiary/aromatic N) is 3. The summed E-state index contributed by atoms with van der Waals surface area (Å²) in [6.07, 6.45) is -3.98. The molecule has 0 atom stereocenters. The van der Waals surface area contributed by atoms with Crippen molar-refractivity contribution in [2.75, 3.05) is 24.4 Å². The molecule has 1 amide bonds. The maximum absolute atomic E-state index is 12.8. The van der Waals surface area contributed by atoms with Crippen LogP contribution in [0.2, 0.25) is 0 Å². The van der Waals surface area contributed by atoms with Crippen LogP contribution in [0.3, 0.4) is 0 Å². The summed E-state index contributed by atoms with van der Waals surface area (Å²) in [6.45, 7) is 2.17. The molecule has 1 aromatic heterocycles. The number of hydrogen-bond donors (Lipinski definition) is 1. The van der Waals surface area contributed by atoms with Crippen molar-refractivity contribution < 1.29 is 35.9 Å². The number of unbranched alkanes of at least 4 members (excludes halogenated alkanes) is 1. The van der Waals surface area contributed by atoms with Crippen molar-refractivity contribution in [3.05, 3.63) is 70.2 Å². The first kappa shape index (κ1) is 29.9. The SMILES string of the molecule is COCCCCS(=O)(=O)NC(=O)c1nc(N(Cc2ccc(OC(F)(F)F)cc2)c2ccc(C#N)cc2)sc1C. The second-order valence-corrected chi connectivity index (χ2v) is 11.3. The number of hydrogen-bond acceptors (Lipinski definition) is 9. The minimum atomic E-state index is -4.82. The highest BCUT2D eigenvalue weighted by molar-refractivity contribution is 7.90. The lowest BCUT2D eigenvalue weighted by Gasteiger charge is -2.22. The van der Waals surface area contributed by atoms with Gasteiger partial charge in [0.05, 0.1) is 23.9 Å². The predicted octanol–water partition coefficient (Wildman–Crippen LogP) is 5.05. The normalized spacial score (nSPS) is 11.6. The number of methoxy groups -OCH3 is 1. The lowest BCUT2D eigenvalue weighted by molar-refractivity contribution is -0.274. The topological polar surface area (TPSA) is 122 Å². The number of anilines is 2. The van der Waals surface area contributed by atoms with Crippen LogP contribution in [0.1, 0.15) is 39.3 Å². The van der Waals surface area contributed by atoms with E-state index < -0.39 is 22.3 Å². The summed E-state index contributed by atoms with van der Waals surface area (Å²) in [5, 5.41) is 9.48. The van der Waals surface area contributed by atoms with Crippen LogP contribution in [-0.4, -0.2) is 45.1 Å². The zero-order valence-electron chi connectivity index (χ0n) is 21.0. The molecule has 0 saturated heterocycles. The van der Waals surface area contributed by atoms with E-state index in [2.05, 4.69) is 9.72 Å². The number of sulfonamides is 1. The van der Waals surface area contributed by atoms with E-state index in [4.69, 9.17) is 10.00 Å². The fraction of sp³-hybridized carbons (Fsp3) is 0.320. The minimum absolute atomic E-state index is 0.0666. The molecule has 0 fully saturated rings. The molecule has 0 bridgehead atoms. The molecule has 0 radical (unpaired) electrons. The summed E-state index contributed by atoms with van der Waals surface area (Å²) in [5.41, 5.74) is 1.55. The number of benzene rings is 2. The first-order valence-corrected chi connectivity index (χ1v) is 14.0. The van der Waals surface area contributed by atoms with E-state index in [1.807, 2.05) is 10.8 Å². The van der Waals surface area contributed by atoms with Crippen LogP contribution >= 0.6 is 11.3 Å². The fourth-order valence-electron chi connectivity index (χ4n) is 3.45. The van der Waals surface area contributed by atoms with Gasteiger partial charge in [0.2, 0.25) is 10.0 Å². The molecule has 208 valence electrons. The largest absolute Gasteiger partial charge is 0.573 e. The maximum atomic E-state index is 12.8. The van der Waals surface area contributed by atoms with Crippen LogP contribution < -0.4 is 14.4 Å². The van der Waals surface area contributed by atoms with Crippen LogP contribution in [0.15, 0.2) is 48.5 Å². The van der Waals surface area contributed by atoms with Crippen molar-refractivity contribution in [3.8, 4) is 11.8 Å². The van der Waals surface area contributed by atoms with Gasteiger partial charge in [-0.1, -0.05) is 12.1 Å². The molecule has 2 aromatic carbocycles. The van der Waals surface area contributed by atoms with Gasteiger partial charge in [0.15, 0.2) is 5.13 Å². The summed E-state index contributed by atoms with van der Waals surface area (Å²) in [7, 11) is -2.38. The molecule has 0 saturated carbocycles. The Morgan fingerprint density at radius 1 is 1.13 bits per heavy atom. The van der Waals surface area contributed by atoms with E-state index in [-0.39, 0.29) is 23.7 Å². The van der Waals surface area contributed by atoms with E-state index in [9.17, 15) is 26.4 Å².